The summed E-state index contributed by atoms with van der Waals surface area (Å²) in [6.45, 7) is 2.84. The van der Waals surface area contributed by atoms with Gasteiger partial charge in [0, 0.05) is 26.2 Å². The van der Waals surface area contributed by atoms with Crippen molar-refractivity contribution in [1.29, 1.82) is 0 Å². The van der Waals surface area contributed by atoms with Crippen LogP contribution in [0.2, 0.25) is 0 Å². The lowest BCUT2D eigenvalue weighted by Crippen LogP contribution is -2.58. The molecule has 1 amide bonds. The van der Waals surface area contributed by atoms with Gasteiger partial charge in [0.2, 0.25) is 5.91 Å². The van der Waals surface area contributed by atoms with Gasteiger partial charge in [0.15, 0.2) is 0 Å². The lowest BCUT2D eigenvalue weighted by Gasteiger charge is -2.48. The third-order valence-electron chi connectivity index (χ3n) is 3.78. The number of nitrogens with zero attached hydrogens (tertiary/aromatic N) is 2. The van der Waals surface area contributed by atoms with Crippen molar-refractivity contribution in [3.8, 4) is 0 Å². The van der Waals surface area contributed by atoms with Gasteiger partial charge in [-0.05, 0) is 40.3 Å². The highest BCUT2D eigenvalue weighted by atomic mass is 16.2. The van der Waals surface area contributed by atoms with Gasteiger partial charge in [0.25, 0.3) is 0 Å². The molecular formula is C12H25N3O. The van der Waals surface area contributed by atoms with Gasteiger partial charge in [-0.1, -0.05) is 0 Å². The van der Waals surface area contributed by atoms with Crippen molar-refractivity contribution in [3.05, 3.63) is 0 Å². The number of carbonyl (C=O) groups excluding carboxylic acids is 1. The molecule has 0 radical (unpaired) electrons. The van der Waals surface area contributed by atoms with Crippen molar-refractivity contribution in [3.63, 3.8) is 0 Å². The second-order valence-electron chi connectivity index (χ2n) is 5.31. The number of rotatable bonds is 5. The molecule has 4 nitrogen and oxygen atoms in total. The molecule has 1 fully saturated rings. The topological polar surface area (TPSA) is 35.6 Å². The van der Waals surface area contributed by atoms with E-state index in [0.29, 0.717) is 0 Å². The van der Waals surface area contributed by atoms with E-state index in [1.165, 1.54) is 19.3 Å². The first-order valence-corrected chi connectivity index (χ1v) is 6.01. The van der Waals surface area contributed by atoms with Crippen molar-refractivity contribution < 1.29 is 4.79 Å². The molecule has 16 heavy (non-hydrogen) atoms. The van der Waals surface area contributed by atoms with E-state index in [1.807, 2.05) is 6.92 Å². The van der Waals surface area contributed by atoms with Crippen LogP contribution in [0.25, 0.3) is 0 Å². The molecule has 1 aliphatic rings. The second-order valence-corrected chi connectivity index (χ2v) is 5.31. The molecule has 0 bridgehead atoms. The Balaban J connectivity index is 2.41. The highest BCUT2D eigenvalue weighted by molar-refractivity contribution is 5.80. The van der Waals surface area contributed by atoms with E-state index < -0.39 is 0 Å². The summed E-state index contributed by atoms with van der Waals surface area (Å²) in [6.07, 6.45) is 3.77. The summed E-state index contributed by atoms with van der Waals surface area (Å²) >= 11 is 0. The zero-order valence-electron chi connectivity index (χ0n) is 11.2. The average Bonchev–Trinajstić information content (AvgIpc) is 2.13. The van der Waals surface area contributed by atoms with Crippen LogP contribution in [-0.2, 0) is 4.79 Å². The van der Waals surface area contributed by atoms with E-state index in [9.17, 15) is 4.79 Å². The Kier molecular flexibility index (Phi) is 4.33. The van der Waals surface area contributed by atoms with Crippen LogP contribution >= 0.6 is 0 Å². The number of carbonyl (C=O) groups is 1. The first-order valence-electron chi connectivity index (χ1n) is 6.01. The molecule has 0 spiro atoms. The quantitative estimate of drug-likeness (QED) is 0.744. The summed E-state index contributed by atoms with van der Waals surface area (Å²) in [7, 11) is 7.84. The third kappa shape index (κ3) is 2.74. The Bertz CT molecular complexity index is 247. The number of amides is 1. The van der Waals surface area contributed by atoms with Gasteiger partial charge in [-0.25, -0.2) is 0 Å². The highest BCUT2D eigenvalue weighted by Gasteiger charge is 2.39. The Hall–Kier alpha value is -0.610. The maximum Gasteiger partial charge on any atom is 0.238 e. The van der Waals surface area contributed by atoms with Gasteiger partial charge >= 0.3 is 0 Å². The molecule has 0 aromatic heterocycles. The Morgan fingerprint density at radius 1 is 1.31 bits per heavy atom. The predicted octanol–water partition coefficient (Wildman–Crippen LogP) is 0.537. The van der Waals surface area contributed by atoms with Gasteiger partial charge in [-0.3, -0.25) is 4.79 Å². The maximum atomic E-state index is 11.7. The normalized spacial score (nSPS) is 20.4. The first kappa shape index (κ1) is 13.5. The number of nitrogens with one attached hydrogen (secondary N) is 1. The lowest BCUT2D eigenvalue weighted by atomic mass is 9.75. The van der Waals surface area contributed by atoms with Gasteiger partial charge < -0.3 is 15.1 Å². The van der Waals surface area contributed by atoms with Gasteiger partial charge in [0.05, 0.1) is 6.04 Å². The monoisotopic (exact) mass is 227 g/mol. The molecule has 1 atom stereocenters. The minimum Gasteiger partial charge on any atom is -0.347 e. The van der Waals surface area contributed by atoms with Crippen LogP contribution in [0, 0.1) is 0 Å². The summed E-state index contributed by atoms with van der Waals surface area (Å²) in [5.41, 5.74) is 0.279. The summed E-state index contributed by atoms with van der Waals surface area (Å²) in [4.78, 5) is 15.6. The fourth-order valence-corrected chi connectivity index (χ4v) is 2.18. The SMILES string of the molecule is CC(NCC1(N(C)C)CCC1)C(=O)N(C)C. The maximum absolute atomic E-state index is 11.7. The van der Waals surface area contributed by atoms with Crippen LogP contribution in [0.3, 0.4) is 0 Å². The van der Waals surface area contributed by atoms with Crippen molar-refractivity contribution in [2.45, 2.75) is 37.8 Å². The van der Waals surface area contributed by atoms with E-state index in [0.717, 1.165) is 6.54 Å². The summed E-state index contributed by atoms with van der Waals surface area (Å²) in [5, 5.41) is 3.35. The molecule has 94 valence electrons. The smallest absolute Gasteiger partial charge is 0.238 e. The zero-order valence-corrected chi connectivity index (χ0v) is 11.2. The molecule has 1 saturated carbocycles. The van der Waals surface area contributed by atoms with Crippen molar-refractivity contribution in [2.75, 3.05) is 34.7 Å². The standard InChI is InChI=1S/C12H25N3O/c1-10(11(16)14(2)3)13-9-12(15(4)5)7-6-8-12/h10,13H,6-9H2,1-5H3. The van der Waals surface area contributed by atoms with Crippen molar-refractivity contribution in [2.24, 2.45) is 0 Å². The first-order chi connectivity index (χ1) is 7.39. The zero-order chi connectivity index (χ0) is 12.3. The van der Waals surface area contributed by atoms with Crippen LogP contribution < -0.4 is 5.32 Å². The molecule has 1 unspecified atom stereocenters. The molecule has 0 heterocycles. The van der Waals surface area contributed by atoms with Crippen LogP contribution in [0.15, 0.2) is 0 Å². The molecule has 1 N–H and O–H groups in total. The van der Waals surface area contributed by atoms with Crippen LogP contribution in [0.5, 0.6) is 0 Å². The molecule has 1 rings (SSSR count). The highest BCUT2D eigenvalue weighted by Crippen LogP contribution is 2.35. The number of hydrogen-bond donors (Lipinski definition) is 1. The summed E-state index contributed by atoms with van der Waals surface area (Å²) < 4.78 is 0. The molecule has 0 saturated heterocycles. The van der Waals surface area contributed by atoms with Gasteiger partial charge in [-0.2, -0.15) is 0 Å². The van der Waals surface area contributed by atoms with Crippen molar-refractivity contribution >= 4 is 5.91 Å². The largest absolute Gasteiger partial charge is 0.347 e. The van der Waals surface area contributed by atoms with Crippen LogP contribution in [-0.4, -0.2) is 62.0 Å². The van der Waals surface area contributed by atoms with Gasteiger partial charge in [0.1, 0.15) is 0 Å². The Morgan fingerprint density at radius 2 is 1.88 bits per heavy atom. The fourth-order valence-electron chi connectivity index (χ4n) is 2.18. The fraction of sp³-hybridized carbons (Fsp3) is 0.917. The third-order valence-corrected chi connectivity index (χ3v) is 3.78. The Labute approximate surface area is 99.0 Å². The van der Waals surface area contributed by atoms with E-state index in [2.05, 4.69) is 24.3 Å². The van der Waals surface area contributed by atoms with E-state index in [4.69, 9.17) is 0 Å². The predicted molar refractivity (Wildman–Crippen MR) is 66.4 cm³/mol. The molecule has 0 aliphatic heterocycles. The van der Waals surface area contributed by atoms with Crippen molar-refractivity contribution in [1.82, 2.24) is 15.1 Å². The summed E-state index contributed by atoms with van der Waals surface area (Å²) in [5.74, 6) is 0.147. The van der Waals surface area contributed by atoms with E-state index in [-0.39, 0.29) is 17.5 Å². The van der Waals surface area contributed by atoms with E-state index in [1.54, 1.807) is 19.0 Å². The molecular weight excluding hydrogens is 202 g/mol. The Morgan fingerprint density at radius 3 is 2.19 bits per heavy atom. The minimum absolute atomic E-state index is 0.0903. The molecule has 4 heteroatoms. The minimum atomic E-state index is -0.0903. The molecule has 1 aliphatic carbocycles. The average molecular weight is 227 g/mol. The second kappa shape index (κ2) is 5.15. The number of hydrogen-bond acceptors (Lipinski definition) is 3. The van der Waals surface area contributed by atoms with Crippen LogP contribution in [0.1, 0.15) is 26.2 Å². The van der Waals surface area contributed by atoms with Crippen LogP contribution in [0.4, 0.5) is 0 Å². The van der Waals surface area contributed by atoms with E-state index >= 15 is 0 Å². The van der Waals surface area contributed by atoms with Gasteiger partial charge in [-0.15, -0.1) is 0 Å². The summed E-state index contributed by atoms with van der Waals surface area (Å²) in [6, 6.07) is -0.0903. The molecule has 0 aromatic rings. The lowest BCUT2D eigenvalue weighted by molar-refractivity contribution is -0.130. The molecule has 0 aromatic carbocycles. The number of likely N-dealkylation sites (N-methyl/N-ethyl adjacent to an activating group) is 2.